The largest absolute Gasteiger partial charge is 0.330 e. The molecule has 0 saturated carbocycles. The monoisotopic (exact) mass is 263 g/mol. The molecule has 0 bridgehead atoms. The Labute approximate surface area is 99.6 Å². The first-order chi connectivity index (χ1) is 7.68. The second-order valence-electron chi connectivity index (χ2n) is 4.70. The van der Waals surface area contributed by atoms with E-state index in [4.69, 9.17) is 5.73 Å². The first-order valence-corrected chi connectivity index (χ1v) is 6.71. The van der Waals surface area contributed by atoms with Crippen molar-refractivity contribution in [3.63, 3.8) is 0 Å². The van der Waals surface area contributed by atoms with Crippen molar-refractivity contribution in [2.75, 3.05) is 12.3 Å². The first-order valence-electron chi connectivity index (χ1n) is 5.06. The SMILES string of the molecule is CC(C)(CN)CS(=O)(=O)c1ccc(F)cc1F. The molecule has 0 radical (unpaired) electrons. The van der Waals surface area contributed by atoms with Gasteiger partial charge in [-0.2, -0.15) is 0 Å². The highest BCUT2D eigenvalue weighted by molar-refractivity contribution is 7.91. The Morgan fingerprint density at radius 2 is 1.88 bits per heavy atom. The molecule has 0 unspecified atom stereocenters. The quantitative estimate of drug-likeness (QED) is 0.841. The second kappa shape index (κ2) is 4.70. The lowest BCUT2D eigenvalue weighted by molar-refractivity contribution is 0.424. The molecular formula is C11H15F2NO2S. The van der Waals surface area contributed by atoms with Crippen molar-refractivity contribution in [2.45, 2.75) is 18.7 Å². The van der Waals surface area contributed by atoms with E-state index in [0.29, 0.717) is 6.07 Å². The van der Waals surface area contributed by atoms with E-state index in [-0.39, 0.29) is 12.3 Å². The second-order valence-corrected chi connectivity index (χ2v) is 6.66. The van der Waals surface area contributed by atoms with E-state index >= 15 is 0 Å². The van der Waals surface area contributed by atoms with Crippen LogP contribution in [-0.2, 0) is 9.84 Å². The number of nitrogens with two attached hydrogens (primary N) is 1. The summed E-state index contributed by atoms with van der Waals surface area (Å²) in [7, 11) is -3.80. The van der Waals surface area contributed by atoms with Gasteiger partial charge in [-0.3, -0.25) is 0 Å². The molecule has 0 fully saturated rings. The number of sulfone groups is 1. The molecule has 0 aromatic heterocycles. The van der Waals surface area contributed by atoms with Crippen LogP contribution in [0.5, 0.6) is 0 Å². The molecule has 0 heterocycles. The van der Waals surface area contributed by atoms with Gasteiger partial charge in [0, 0.05) is 6.07 Å². The van der Waals surface area contributed by atoms with E-state index in [1.165, 1.54) is 0 Å². The minimum Gasteiger partial charge on any atom is -0.330 e. The standard InChI is InChI=1S/C11H15F2NO2S/c1-11(2,6-14)7-17(15,16)10-4-3-8(12)5-9(10)13/h3-5H,6-7,14H2,1-2H3. The molecule has 1 rings (SSSR count). The van der Waals surface area contributed by atoms with E-state index in [0.717, 1.165) is 12.1 Å². The smallest absolute Gasteiger partial charge is 0.181 e. The predicted molar refractivity (Wildman–Crippen MR) is 61.2 cm³/mol. The highest BCUT2D eigenvalue weighted by atomic mass is 32.2. The molecule has 0 spiro atoms. The summed E-state index contributed by atoms with van der Waals surface area (Å²) < 4.78 is 49.9. The van der Waals surface area contributed by atoms with E-state index < -0.39 is 31.8 Å². The van der Waals surface area contributed by atoms with Crippen molar-refractivity contribution in [1.29, 1.82) is 0 Å². The Morgan fingerprint density at radius 3 is 2.35 bits per heavy atom. The average Bonchev–Trinajstić information content (AvgIpc) is 2.15. The number of hydrogen-bond acceptors (Lipinski definition) is 3. The topological polar surface area (TPSA) is 60.2 Å². The third kappa shape index (κ3) is 3.47. The summed E-state index contributed by atoms with van der Waals surface area (Å²) in [5.74, 6) is -2.16. The summed E-state index contributed by atoms with van der Waals surface area (Å²) in [6.07, 6.45) is 0. The van der Waals surface area contributed by atoms with Crippen LogP contribution in [0.4, 0.5) is 8.78 Å². The van der Waals surface area contributed by atoms with E-state index in [9.17, 15) is 17.2 Å². The van der Waals surface area contributed by atoms with Gasteiger partial charge in [-0.1, -0.05) is 13.8 Å². The molecule has 0 aliphatic carbocycles. The van der Waals surface area contributed by atoms with Crippen molar-refractivity contribution in [2.24, 2.45) is 11.1 Å². The third-order valence-corrected chi connectivity index (χ3v) is 4.53. The number of benzene rings is 1. The average molecular weight is 263 g/mol. The maximum Gasteiger partial charge on any atom is 0.181 e. The van der Waals surface area contributed by atoms with Crippen LogP contribution in [0.3, 0.4) is 0 Å². The molecular weight excluding hydrogens is 248 g/mol. The molecule has 0 saturated heterocycles. The van der Waals surface area contributed by atoms with Crippen molar-refractivity contribution in [3.8, 4) is 0 Å². The maximum absolute atomic E-state index is 13.4. The summed E-state index contributed by atoms with van der Waals surface area (Å²) in [4.78, 5) is -0.486. The summed E-state index contributed by atoms with van der Waals surface area (Å²) in [5.41, 5.74) is 4.78. The maximum atomic E-state index is 13.4. The lowest BCUT2D eigenvalue weighted by atomic mass is 9.97. The Morgan fingerprint density at radius 1 is 1.29 bits per heavy atom. The van der Waals surface area contributed by atoms with E-state index in [1.807, 2.05) is 0 Å². The van der Waals surface area contributed by atoms with Gasteiger partial charge in [-0.25, -0.2) is 17.2 Å². The van der Waals surface area contributed by atoms with Crippen LogP contribution in [0.15, 0.2) is 23.1 Å². The van der Waals surface area contributed by atoms with Gasteiger partial charge in [0.25, 0.3) is 0 Å². The van der Waals surface area contributed by atoms with Crippen LogP contribution >= 0.6 is 0 Å². The normalized spacial score (nSPS) is 12.8. The Balaban J connectivity index is 3.14. The zero-order valence-electron chi connectivity index (χ0n) is 9.70. The minimum atomic E-state index is -3.80. The predicted octanol–water partition coefficient (Wildman–Crippen LogP) is 1.72. The van der Waals surface area contributed by atoms with Gasteiger partial charge >= 0.3 is 0 Å². The van der Waals surface area contributed by atoms with Gasteiger partial charge in [0.05, 0.1) is 5.75 Å². The van der Waals surface area contributed by atoms with Crippen molar-refractivity contribution in [1.82, 2.24) is 0 Å². The molecule has 1 aromatic rings. The van der Waals surface area contributed by atoms with Crippen LogP contribution in [0, 0.1) is 17.0 Å². The zero-order chi connectivity index (χ0) is 13.3. The van der Waals surface area contributed by atoms with Crippen LogP contribution in [-0.4, -0.2) is 20.7 Å². The van der Waals surface area contributed by atoms with Crippen LogP contribution in [0.1, 0.15) is 13.8 Å². The van der Waals surface area contributed by atoms with E-state index in [2.05, 4.69) is 0 Å². The molecule has 6 heteroatoms. The van der Waals surface area contributed by atoms with Gasteiger partial charge < -0.3 is 5.73 Å². The number of halogens is 2. The van der Waals surface area contributed by atoms with Crippen LogP contribution in [0.2, 0.25) is 0 Å². The van der Waals surface area contributed by atoms with E-state index in [1.54, 1.807) is 13.8 Å². The summed E-state index contributed by atoms with van der Waals surface area (Å²) >= 11 is 0. The van der Waals surface area contributed by atoms with Crippen molar-refractivity contribution in [3.05, 3.63) is 29.8 Å². The Kier molecular flexibility index (Phi) is 3.88. The molecule has 96 valence electrons. The molecule has 3 nitrogen and oxygen atoms in total. The Bertz CT molecular complexity index is 512. The zero-order valence-corrected chi connectivity index (χ0v) is 10.5. The molecule has 17 heavy (non-hydrogen) atoms. The highest BCUT2D eigenvalue weighted by Gasteiger charge is 2.28. The molecule has 0 aliphatic heterocycles. The molecule has 1 aromatic carbocycles. The number of rotatable bonds is 4. The minimum absolute atomic E-state index is 0.162. The van der Waals surface area contributed by atoms with Gasteiger partial charge in [0.1, 0.15) is 16.5 Å². The molecule has 0 amide bonds. The molecule has 0 aliphatic rings. The summed E-state index contributed by atoms with van der Waals surface area (Å²) in [5, 5.41) is 0. The fraction of sp³-hybridized carbons (Fsp3) is 0.455. The third-order valence-electron chi connectivity index (χ3n) is 2.36. The lowest BCUT2D eigenvalue weighted by Crippen LogP contribution is -2.32. The van der Waals surface area contributed by atoms with Crippen molar-refractivity contribution < 1.29 is 17.2 Å². The molecule has 2 N–H and O–H groups in total. The van der Waals surface area contributed by atoms with Crippen molar-refractivity contribution >= 4 is 9.84 Å². The highest BCUT2D eigenvalue weighted by Crippen LogP contribution is 2.23. The van der Waals surface area contributed by atoms with Crippen LogP contribution in [0.25, 0.3) is 0 Å². The Hall–Kier alpha value is -1.01. The molecule has 0 atom stereocenters. The fourth-order valence-corrected chi connectivity index (χ4v) is 3.31. The van der Waals surface area contributed by atoms with Gasteiger partial charge in [0.2, 0.25) is 0 Å². The van der Waals surface area contributed by atoms with Gasteiger partial charge in [-0.15, -0.1) is 0 Å². The summed E-state index contributed by atoms with van der Waals surface area (Å²) in [6, 6.07) is 2.42. The van der Waals surface area contributed by atoms with Crippen LogP contribution < -0.4 is 5.73 Å². The lowest BCUT2D eigenvalue weighted by Gasteiger charge is -2.22. The summed E-state index contributed by atoms with van der Waals surface area (Å²) in [6.45, 7) is 3.51. The van der Waals surface area contributed by atoms with Gasteiger partial charge in [-0.05, 0) is 24.1 Å². The number of hydrogen-bond donors (Lipinski definition) is 1. The fourth-order valence-electron chi connectivity index (χ4n) is 1.38. The van der Waals surface area contributed by atoms with Gasteiger partial charge in [0.15, 0.2) is 9.84 Å². The first kappa shape index (κ1) is 14.1.